The maximum atomic E-state index is 10.5. The van der Waals surface area contributed by atoms with E-state index in [2.05, 4.69) is 17.2 Å². The summed E-state index contributed by atoms with van der Waals surface area (Å²) < 4.78 is 1.79. The van der Waals surface area contributed by atoms with Crippen molar-refractivity contribution >= 4 is 33.8 Å². The Morgan fingerprint density at radius 2 is 2.07 bits per heavy atom. The molecule has 0 aliphatic rings. The zero-order chi connectivity index (χ0) is 19.2. The van der Waals surface area contributed by atoms with Crippen LogP contribution >= 0.6 is 0 Å². The molecule has 1 aromatic carbocycles. The molecule has 1 amide bonds. The Kier molecular flexibility index (Phi) is 5.95. The number of imidazole rings is 1. The van der Waals surface area contributed by atoms with E-state index in [-0.39, 0.29) is 0 Å². The van der Waals surface area contributed by atoms with Crippen LogP contribution < -0.4 is 15.9 Å². The Hall–Kier alpha value is -3.03. The van der Waals surface area contributed by atoms with Gasteiger partial charge in [0.1, 0.15) is 23.5 Å². The molecule has 8 heteroatoms. The molecule has 0 saturated heterocycles. The first-order chi connectivity index (χ1) is 13.1. The highest BCUT2D eigenvalue weighted by atomic mass is 16.7. The molecular formula is C19H25N5O3. The first-order valence-electron chi connectivity index (χ1n) is 9.27. The molecule has 0 fully saturated rings. The SMILES string of the molecule is CCCCc1nc2c(N)nc3ccccc3c2n1OCCCCNC(=O)O. The fourth-order valence-corrected chi connectivity index (χ4v) is 3.03. The van der Waals surface area contributed by atoms with E-state index >= 15 is 0 Å². The van der Waals surface area contributed by atoms with Gasteiger partial charge in [-0.1, -0.05) is 31.5 Å². The number of aromatic nitrogens is 3. The fraction of sp³-hybridized carbons (Fsp3) is 0.421. The highest BCUT2D eigenvalue weighted by Crippen LogP contribution is 2.28. The van der Waals surface area contributed by atoms with Gasteiger partial charge in [0.25, 0.3) is 0 Å². The van der Waals surface area contributed by atoms with E-state index in [4.69, 9.17) is 20.7 Å². The van der Waals surface area contributed by atoms with Gasteiger partial charge in [0.05, 0.1) is 5.52 Å². The second kappa shape index (κ2) is 8.57. The lowest BCUT2D eigenvalue weighted by Gasteiger charge is -2.12. The molecule has 0 radical (unpaired) electrons. The third-order valence-corrected chi connectivity index (χ3v) is 4.37. The van der Waals surface area contributed by atoms with Crippen molar-refractivity contribution in [2.24, 2.45) is 0 Å². The number of para-hydroxylation sites is 1. The third kappa shape index (κ3) is 4.21. The number of nitrogens with zero attached hydrogens (tertiary/aromatic N) is 3. The first-order valence-corrected chi connectivity index (χ1v) is 9.27. The minimum absolute atomic E-state index is 0.398. The first kappa shape index (κ1) is 18.8. The molecule has 0 saturated carbocycles. The molecule has 27 heavy (non-hydrogen) atoms. The summed E-state index contributed by atoms with van der Waals surface area (Å²) in [5, 5.41) is 11.9. The van der Waals surface area contributed by atoms with Crippen LogP contribution in [0, 0.1) is 0 Å². The number of pyridine rings is 1. The highest BCUT2D eigenvalue weighted by molar-refractivity contribution is 6.06. The predicted molar refractivity (Wildman–Crippen MR) is 105 cm³/mol. The number of nitrogens with two attached hydrogens (primary N) is 1. The Labute approximate surface area is 157 Å². The summed E-state index contributed by atoms with van der Waals surface area (Å²) in [6.45, 7) is 3.00. The summed E-state index contributed by atoms with van der Waals surface area (Å²) in [7, 11) is 0. The van der Waals surface area contributed by atoms with Crippen molar-refractivity contribution in [1.29, 1.82) is 0 Å². The normalized spacial score (nSPS) is 11.1. The molecule has 8 nitrogen and oxygen atoms in total. The maximum Gasteiger partial charge on any atom is 0.404 e. The number of hydrogen-bond acceptors (Lipinski definition) is 5. The molecule has 0 unspecified atom stereocenters. The van der Waals surface area contributed by atoms with E-state index in [9.17, 15) is 4.79 Å². The molecule has 144 valence electrons. The van der Waals surface area contributed by atoms with Gasteiger partial charge in [-0.3, -0.25) is 0 Å². The number of amides is 1. The summed E-state index contributed by atoms with van der Waals surface area (Å²) >= 11 is 0. The maximum absolute atomic E-state index is 10.5. The van der Waals surface area contributed by atoms with E-state index < -0.39 is 6.09 Å². The number of rotatable bonds is 9. The Morgan fingerprint density at radius 1 is 1.26 bits per heavy atom. The molecule has 0 spiro atoms. The molecule has 3 aromatic rings. The summed E-state index contributed by atoms with van der Waals surface area (Å²) in [5.41, 5.74) is 8.46. The van der Waals surface area contributed by atoms with Crippen molar-refractivity contribution < 1.29 is 14.7 Å². The summed E-state index contributed by atoms with van der Waals surface area (Å²) in [6, 6.07) is 7.80. The second-order valence-corrected chi connectivity index (χ2v) is 6.41. The molecule has 0 atom stereocenters. The number of hydrogen-bond donors (Lipinski definition) is 3. The standard InChI is InChI=1S/C19H25N5O3/c1-2-3-10-15-23-16-17(13-8-4-5-9-14(13)22-18(16)20)24(15)27-12-7-6-11-21-19(25)26/h4-5,8-9,21H,2-3,6-7,10-12H2,1H3,(H2,20,22)(H,25,26). The number of benzene rings is 1. The van der Waals surface area contributed by atoms with Crippen LogP contribution in [0.4, 0.5) is 10.6 Å². The number of unbranched alkanes of at least 4 members (excludes halogenated alkanes) is 2. The molecule has 0 aliphatic heterocycles. The number of carbonyl (C=O) groups is 1. The van der Waals surface area contributed by atoms with Crippen molar-refractivity contribution in [1.82, 2.24) is 20.0 Å². The smallest absolute Gasteiger partial charge is 0.404 e. The number of nitrogens with one attached hydrogen (secondary N) is 1. The van der Waals surface area contributed by atoms with Gasteiger partial charge in [0.2, 0.25) is 0 Å². The van der Waals surface area contributed by atoms with Crippen LogP contribution in [0.1, 0.15) is 38.4 Å². The van der Waals surface area contributed by atoms with E-state index in [0.717, 1.165) is 47.9 Å². The van der Waals surface area contributed by atoms with Crippen LogP contribution in [0.3, 0.4) is 0 Å². The van der Waals surface area contributed by atoms with E-state index in [0.29, 0.717) is 30.9 Å². The van der Waals surface area contributed by atoms with Crippen LogP contribution in [0.25, 0.3) is 21.9 Å². The van der Waals surface area contributed by atoms with E-state index in [1.165, 1.54) is 0 Å². The summed E-state index contributed by atoms with van der Waals surface area (Å²) in [6.07, 6.45) is 3.27. The Bertz CT molecular complexity index is 938. The lowest BCUT2D eigenvalue weighted by molar-refractivity contribution is 0.109. The van der Waals surface area contributed by atoms with Crippen molar-refractivity contribution in [3.05, 3.63) is 30.1 Å². The van der Waals surface area contributed by atoms with Crippen LogP contribution in [0.5, 0.6) is 0 Å². The van der Waals surface area contributed by atoms with Crippen LogP contribution in [0.15, 0.2) is 24.3 Å². The number of fused-ring (bicyclic) bond motifs is 3. The van der Waals surface area contributed by atoms with Gasteiger partial charge in [0.15, 0.2) is 5.82 Å². The Balaban J connectivity index is 1.89. The largest absolute Gasteiger partial charge is 0.465 e. The topological polar surface area (TPSA) is 115 Å². The van der Waals surface area contributed by atoms with Gasteiger partial charge >= 0.3 is 6.09 Å². The van der Waals surface area contributed by atoms with Crippen LogP contribution in [0.2, 0.25) is 0 Å². The molecular weight excluding hydrogens is 346 g/mol. The molecule has 2 heterocycles. The van der Waals surface area contributed by atoms with Crippen molar-refractivity contribution in [2.75, 3.05) is 18.9 Å². The average Bonchev–Trinajstić information content (AvgIpc) is 3.02. The minimum atomic E-state index is -1.01. The zero-order valence-corrected chi connectivity index (χ0v) is 15.4. The Morgan fingerprint density at radius 3 is 2.85 bits per heavy atom. The number of anilines is 1. The van der Waals surface area contributed by atoms with Crippen molar-refractivity contribution in [3.63, 3.8) is 0 Å². The molecule has 0 bridgehead atoms. The number of carboxylic acid groups (broad SMARTS) is 1. The quantitative estimate of drug-likeness (QED) is 0.498. The van der Waals surface area contributed by atoms with Crippen LogP contribution in [-0.2, 0) is 6.42 Å². The average molecular weight is 371 g/mol. The van der Waals surface area contributed by atoms with Gasteiger partial charge < -0.3 is 21.0 Å². The minimum Gasteiger partial charge on any atom is -0.465 e. The number of aryl methyl sites for hydroxylation is 1. The lowest BCUT2D eigenvalue weighted by atomic mass is 10.2. The zero-order valence-electron chi connectivity index (χ0n) is 15.4. The van der Waals surface area contributed by atoms with Gasteiger partial charge in [-0.25, -0.2) is 14.8 Å². The van der Waals surface area contributed by atoms with E-state index in [1.807, 2.05) is 24.3 Å². The second-order valence-electron chi connectivity index (χ2n) is 6.41. The fourth-order valence-electron chi connectivity index (χ4n) is 3.03. The summed E-state index contributed by atoms with van der Waals surface area (Å²) in [5.74, 6) is 1.23. The third-order valence-electron chi connectivity index (χ3n) is 4.37. The van der Waals surface area contributed by atoms with Gasteiger partial charge in [0, 0.05) is 18.4 Å². The lowest BCUT2D eigenvalue weighted by Crippen LogP contribution is -2.23. The van der Waals surface area contributed by atoms with Gasteiger partial charge in [-0.05, 0) is 25.3 Å². The summed E-state index contributed by atoms with van der Waals surface area (Å²) in [4.78, 5) is 25.7. The van der Waals surface area contributed by atoms with Gasteiger partial charge in [-0.2, -0.15) is 4.73 Å². The van der Waals surface area contributed by atoms with E-state index in [1.54, 1.807) is 4.73 Å². The monoisotopic (exact) mass is 371 g/mol. The van der Waals surface area contributed by atoms with Crippen molar-refractivity contribution in [3.8, 4) is 0 Å². The van der Waals surface area contributed by atoms with Crippen molar-refractivity contribution in [2.45, 2.75) is 39.0 Å². The van der Waals surface area contributed by atoms with Gasteiger partial charge in [-0.15, -0.1) is 0 Å². The number of nitrogen functional groups attached to an aromatic ring is 1. The van der Waals surface area contributed by atoms with Crippen LogP contribution in [-0.4, -0.2) is 39.0 Å². The highest BCUT2D eigenvalue weighted by Gasteiger charge is 2.18. The molecule has 4 N–H and O–H groups in total. The molecule has 0 aliphatic carbocycles. The predicted octanol–water partition coefficient (Wildman–Crippen LogP) is 2.99. The molecule has 2 aromatic heterocycles. The molecule has 3 rings (SSSR count).